The number of urea groups is 1. The number of carbonyl (C=O) groups excluding carboxylic acids is 1. The van der Waals surface area contributed by atoms with Crippen LogP contribution in [0.4, 0.5) is 4.79 Å². The molecule has 3 rings (SSSR count). The van der Waals surface area contributed by atoms with Crippen molar-refractivity contribution in [3.05, 3.63) is 36.5 Å². The molecule has 1 aliphatic carbocycles. The van der Waals surface area contributed by atoms with Crippen molar-refractivity contribution in [2.45, 2.75) is 51.6 Å². The summed E-state index contributed by atoms with van der Waals surface area (Å²) in [5.41, 5.74) is 1.26. The quantitative estimate of drug-likeness (QED) is 0.808. The summed E-state index contributed by atoms with van der Waals surface area (Å²) in [5.74, 6) is 0.598. The maximum atomic E-state index is 12.0. The lowest BCUT2D eigenvalue weighted by Crippen LogP contribution is -2.46. The average Bonchev–Trinajstić information content (AvgIpc) is 2.97. The van der Waals surface area contributed by atoms with Gasteiger partial charge in [0, 0.05) is 30.8 Å². The zero-order valence-corrected chi connectivity index (χ0v) is 13.9. The van der Waals surface area contributed by atoms with E-state index >= 15 is 0 Å². The third-order valence-corrected chi connectivity index (χ3v) is 4.97. The second-order valence-corrected chi connectivity index (χ2v) is 6.69. The summed E-state index contributed by atoms with van der Waals surface area (Å²) in [7, 11) is 0. The summed E-state index contributed by atoms with van der Waals surface area (Å²) in [6, 6.07) is 10.9. The Bertz CT molecular complexity index is 649. The molecular weight excluding hydrogens is 286 g/mol. The number of amides is 2. The van der Waals surface area contributed by atoms with Crippen molar-refractivity contribution in [2.75, 3.05) is 6.54 Å². The maximum Gasteiger partial charge on any atom is 0.315 e. The van der Waals surface area contributed by atoms with Gasteiger partial charge < -0.3 is 15.2 Å². The molecule has 0 saturated heterocycles. The van der Waals surface area contributed by atoms with Gasteiger partial charge >= 0.3 is 6.03 Å². The van der Waals surface area contributed by atoms with E-state index in [-0.39, 0.29) is 6.03 Å². The van der Waals surface area contributed by atoms with Crippen molar-refractivity contribution in [1.29, 1.82) is 0 Å². The van der Waals surface area contributed by atoms with Gasteiger partial charge in [-0.3, -0.25) is 0 Å². The highest BCUT2D eigenvalue weighted by atomic mass is 16.2. The summed E-state index contributed by atoms with van der Waals surface area (Å²) in [5, 5.41) is 7.40. The van der Waals surface area contributed by atoms with Gasteiger partial charge in [0.25, 0.3) is 0 Å². The Morgan fingerprint density at radius 2 is 2.04 bits per heavy atom. The third kappa shape index (κ3) is 4.06. The fourth-order valence-electron chi connectivity index (χ4n) is 3.54. The topological polar surface area (TPSA) is 46.1 Å². The number of fused-ring (bicyclic) bond motifs is 1. The Kier molecular flexibility index (Phi) is 5.21. The molecule has 1 saturated carbocycles. The van der Waals surface area contributed by atoms with Crippen LogP contribution >= 0.6 is 0 Å². The van der Waals surface area contributed by atoms with E-state index in [1.165, 1.54) is 30.2 Å². The highest BCUT2D eigenvalue weighted by Gasteiger charge is 2.22. The Morgan fingerprint density at radius 1 is 1.22 bits per heavy atom. The second-order valence-electron chi connectivity index (χ2n) is 6.69. The molecule has 2 N–H and O–H groups in total. The number of benzene rings is 1. The van der Waals surface area contributed by atoms with Crippen molar-refractivity contribution < 1.29 is 4.79 Å². The van der Waals surface area contributed by atoms with Crippen LogP contribution in [-0.4, -0.2) is 23.2 Å². The van der Waals surface area contributed by atoms with Crippen LogP contribution < -0.4 is 10.6 Å². The molecule has 0 bridgehead atoms. The van der Waals surface area contributed by atoms with Gasteiger partial charge in [0.15, 0.2) is 0 Å². The first-order valence-corrected chi connectivity index (χ1v) is 8.82. The number of para-hydroxylation sites is 1. The molecule has 1 aromatic heterocycles. The largest absolute Gasteiger partial charge is 0.347 e. The molecule has 0 aliphatic heterocycles. The Morgan fingerprint density at radius 3 is 2.91 bits per heavy atom. The predicted molar refractivity (Wildman–Crippen MR) is 94.5 cm³/mol. The molecule has 1 aliphatic rings. The van der Waals surface area contributed by atoms with E-state index in [1.54, 1.807) is 0 Å². The Balaban J connectivity index is 1.40. The van der Waals surface area contributed by atoms with Crippen LogP contribution in [0.5, 0.6) is 0 Å². The Labute approximate surface area is 138 Å². The van der Waals surface area contributed by atoms with Crippen molar-refractivity contribution in [3.63, 3.8) is 0 Å². The molecule has 4 heteroatoms. The van der Waals surface area contributed by atoms with E-state index < -0.39 is 0 Å². The van der Waals surface area contributed by atoms with Crippen LogP contribution in [0.3, 0.4) is 0 Å². The SMILES string of the molecule is C[C@@H]1CCCC[C@H]1NC(=O)NCCCn1ccc2ccccc21. The van der Waals surface area contributed by atoms with Crippen LogP contribution in [0.2, 0.25) is 0 Å². The van der Waals surface area contributed by atoms with Gasteiger partial charge in [0.2, 0.25) is 0 Å². The Hall–Kier alpha value is -1.97. The van der Waals surface area contributed by atoms with Crippen molar-refractivity contribution >= 4 is 16.9 Å². The molecule has 0 spiro atoms. The van der Waals surface area contributed by atoms with E-state index in [2.05, 4.69) is 58.7 Å². The third-order valence-electron chi connectivity index (χ3n) is 4.97. The van der Waals surface area contributed by atoms with Crippen molar-refractivity contribution in [1.82, 2.24) is 15.2 Å². The summed E-state index contributed by atoms with van der Waals surface area (Å²) in [6.07, 6.45) is 7.93. The summed E-state index contributed by atoms with van der Waals surface area (Å²) < 4.78 is 2.25. The summed E-state index contributed by atoms with van der Waals surface area (Å²) in [4.78, 5) is 12.0. The highest BCUT2D eigenvalue weighted by molar-refractivity contribution is 5.79. The smallest absolute Gasteiger partial charge is 0.315 e. The van der Waals surface area contributed by atoms with Crippen LogP contribution in [0, 0.1) is 5.92 Å². The van der Waals surface area contributed by atoms with Crippen LogP contribution in [0.15, 0.2) is 36.5 Å². The molecule has 1 aromatic carbocycles. The average molecular weight is 313 g/mol. The first-order valence-electron chi connectivity index (χ1n) is 8.82. The van der Waals surface area contributed by atoms with Gasteiger partial charge in [-0.15, -0.1) is 0 Å². The second kappa shape index (κ2) is 7.53. The highest BCUT2D eigenvalue weighted by Crippen LogP contribution is 2.23. The molecule has 2 atom stereocenters. The minimum Gasteiger partial charge on any atom is -0.347 e. The van der Waals surface area contributed by atoms with E-state index in [0.29, 0.717) is 18.5 Å². The lowest BCUT2D eigenvalue weighted by atomic mass is 9.86. The molecule has 1 heterocycles. The van der Waals surface area contributed by atoms with Gasteiger partial charge in [0.1, 0.15) is 0 Å². The lowest BCUT2D eigenvalue weighted by molar-refractivity contribution is 0.221. The van der Waals surface area contributed by atoms with Gasteiger partial charge in [-0.05, 0) is 42.7 Å². The maximum absolute atomic E-state index is 12.0. The zero-order valence-electron chi connectivity index (χ0n) is 13.9. The fraction of sp³-hybridized carbons (Fsp3) is 0.526. The van der Waals surface area contributed by atoms with Gasteiger partial charge in [-0.1, -0.05) is 38.0 Å². The normalized spacial score (nSPS) is 21.3. The van der Waals surface area contributed by atoms with Crippen molar-refractivity contribution in [2.24, 2.45) is 5.92 Å². The van der Waals surface area contributed by atoms with E-state index in [4.69, 9.17) is 0 Å². The van der Waals surface area contributed by atoms with Crippen LogP contribution in [-0.2, 0) is 6.54 Å². The number of nitrogens with zero attached hydrogens (tertiary/aromatic N) is 1. The number of aryl methyl sites for hydroxylation is 1. The van der Waals surface area contributed by atoms with Crippen LogP contribution in [0.1, 0.15) is 39.0 Å². The van der Waals surface area contributed by atoms with E-state index in [0.717, 1.165) is 19.4 Å². The zero-order chi connectivity index (χ0) is 16.1. The number of hydrogen-bond acceptors (Lipinski definition) is 1. The molecular formula is C19H27N3O. The monoisotopic (exact) mass is 313 g/mol. The molecule has 124 valence electrons. The van der Waals surface area contributed by atoms with E-state index in [1.807, 2.05) is 0 Å². The molecule has 2 amide bonds. The summed E-state index contributed by atoms with van der Waals surface area (Å²) >= 11 is 0. The first kappa shape index (κ1) is 15.9. The van der Waals surface area contributed by atoms with Crippen LogP contribution in [0.25, 0.3) is 10.9 Å². The number of nitrogens with one attached hydrogen (secondary N) is 2. The molecule has 1 fully saturated rings. The standard InChI is InChI=1S/C19H27N3O/c1-15-7-2-4-9-17(15)21-19(23)20-12-6-13-22-14-11-16-8-3-5-10-18(16)22/h3,5,8,10-11,14-15,17H,2,4,6-7,9,12-13H2,1H3,(H2,20,21,23)/t15-,17-/m1/s1. The minimum absolute atomic E-state index is 0.0129. The van der Waals surface area contributed by atoms with Gasteiger partial charge in [0.05, 0.1) is 0 Å². The molecule has 23 heavy (non-hydrogen) atoms. The number of aromatic nitrogens is 1. The number of hydrogen-bond donors (Lipinski definition) is 2. The molecule has 0 unspecified atom stereocenters. The van der Waals surface area contributed by atoms with Gasteiger partial charge in [-0.2, -0.15) is 0 Å². The van der Waals surface area contributed by atoms with E-state index in [9.17, 15) is 4.79 Å². The minimum atomic E-state index is -0.0129. The number of rotatable bonds is 5. The number of carbonyl (C=O) groups is 1. The van der Waals surface area contributed by atoms with Gasteiger partial charge in [-0.25, -0.2) is 4.79 Å². The van der Waals surface area contributed by atoms with Crippen molar-refractivity contribution in [3.8, 4) is 0 Å². The first-order chi connectivity index (χ1) is 11.2. The molecule has 4 nitrogen and oxygen atoms in total. The fourth-order valence-corrected chi connectivity index (χ4v) is 3.54. The summed E-state index contributed by atoms with van der Waals surface area (Å²) in [6.45, 7) is 3.87. The lowest BCUT2D eigenvalue weighted by Gasteiger charge is -2.29. The predicted octanol–water partition coefficient (Wildman–Crippen LogP) is 3.91. The molecule has 2 aromatic rings. The molecule has 0 radical (unpaired) electrons.